The van der Waals surface area contributed by atoms with Crippen LogP contribution in [0.5, 0.6) is 0 Å². The van der Waals surface area contributed by atoms with Crippen LogP contribution in [0, 0.1) is 5.41 Å². The average Bonchev–Trinajstić information content (AvgIpc) is 2.27. The van der Waals surface area contributed by atoms with E-state index >= 15 is 0 Å². The summed E-state index contributed by atoms with van der Waals surface area (Å²) in [4.78, 5) is 5.31. The minimum Gasteiger partial charge on any atom is -0.289 e. The maximum Gasteiger partial charge on any atom is 0.0507 e. The second-order valence-corrected chi connectivity index (χ2v) is 6.75. The molecule has 2 nitrogen and oxygen atoms in total. The third-order valence-electron chi connectivity index (χ3n) is 4.81. The molecule has 2 heteroatoms. The van der Waals surface area contributed by atoms with Gasteiger partial charge in [-0.25, -0.2) is 0 Å². The van der Waals surface area contributed by atoms with Crippen molar-refractivity contribution in [2.75, 3.05) is 32.8 Å². The molecule has 4 heterocycles. The van der Waals surface area contributed by atoms with E-state index in [-0.39, 0.29) is 0 Å². The summed E-state index contributed by atoms with van der Waals surface area (Å²) < 4.78 is 0. The summed E-state index contributed by atoms with van der Waals surface area (Å²) in [6, 6.07) is 11.2. The molecule has 0 N–H and O–H groups in total. The van der Waals surface area contributed by atoms with Gasteiger partial charge in [-0.15, -0.1) is 0 Å². The minimum absolute atomic E-state index is 0.408. The highest BCUT2D eigenvalue weighted by Gasteiger charge is 2.54. The summed E-state index contributed by atoms with van der Waals surface area (Å²) in [5.41, 5.74) is 2.48. The van der Waals surface area contributed by atoms with Crippen LogP contribution in [0.3, 0.4) is 0 Å². The first kappa shape index (κ1) is 10.1. The molecule has 2 unspecified atom stereocenters. The van der Waals surface area contributed by atoms with Crippen molar-refractivity contribution >= 4 is 0 Å². The highest BCUT2D eigenvalue weighted by Crippen LogP contribution is 2.49. The Morgan fingerprint density at radius 2 is 1.59 bits per heavy atom. The van der Waals surface area contributed by atoms with Gasteiger partial charge in [0.05, 0.1) is 6.67 Å². The normalized spacial score (nSPS) is 47.4. The first-order chi connectivity index (χ1) is 8.18. The quantitative estimate of drug-likeness (QED) is 0.724. The van der Waals surface area contributed by atoms with Gasteiger partial charge in [-0.05, 0) is 17.4 Å². The Balaban J connectivity index is 1.79. The van der Waals surface area contributed by atoms with Crippen molar-refractivity contribution in [1.82, 2.24) is 9.80 Å². The van der Waals surface area contributed by atoms with Crippen LogP contribution in [0.15, 0.2) is 30.3 Å². The summed E-state index contributed by atoms with van der Waals surface area (Å²) in [6.07, 6.45) is 1.37. The van der Waals surface area contributed by atoms with Gasteiger partial charge in [0, 0.05) is 31.6 Å². The minimum atomic E-state index is 0.408. The zero-order valence-electron chi connectivity index (χ0n) is 10.5. The predicted octanol–water partition coefficient (Wildman–Crippen LogP) is 1.92. The predicted molar refractivity (Wildman–Crippen MR) is 68.9 cm³/mol. The number of nitrogens with zero attached hydrogens (tertiary/aromatic N) is 2. The van der Waals surface area contributed by atoms with E-state index in [1.165, 1.54) is 39.3 Å². The molecule has 0 aliphatic carbocycles. The van der Waals surface area contributed by atoms with Crippen LogP contribution in [0.4, 0.5) is 0 Å². The van der Waals surface area contributed by atoms with Crippen LogP contribution in [0.1, 0.15) is 18.9 Å². The maximum absolute atomic E-state index is 2.66. The fourth-order valence-corrected chi connectivity index (χ4v) is 4.75. The van der Waals surface area contributed by atoms with Gasteiger partial charge < -0.3 is 0 Å². The molecule has 17 heavy (non-hydrogen) atoms. The maximum atomic E-state index is 2.66. The SMILES string of the molecule is CC12CN3CN(C1)CC(c1ccccc1)(C3)C2. The smallest absolute Gasteiger partial charge is 0.0507 e. The highest BCUT2D eigenvalue weighted by atomic mass is 15.4. The summed E-state index contributed by atoms with van der Waals surface area (Å²) in [7, 11) is 0. The third kappa shape index (κ3) is 1.40. The lowest BCUT2D eigenvalue weighted by Crippen LogP contribution is -2.72. The van der Waals surface area contributed by atoms with E-state index < -0.39 is 0 Å². The van der Waals surface area contributed by atoms with Crippen molar-refractivity contribution in [2.24, 2.45) is 5.41 Å². The Kier molecular flexibility index (Phi) is 1.85. The molecule has 90 valence electrons. The zero-order chi connectivity index (χ0) is 11.5. The lowest BCUT2D eigenvalue weighted by atomic mass is 9.60. The summed E-state index contributed by atoms with van der Waals surface area (Å²) in [5, 5.41) is 0. The van der Waals surface area contributed by atoms with E-state index in [9.17, 15) is 0 Å². The van der Waals surface area contributed by atoms with Crippen molar-refractivity contribution in [2.45, 2.75) is 18.8 Å². The lowest BCUT2D eigenvalue weighted by molar-refractivity contribution is -0.128. The van der Waals surface area contributed by atoms with Crippen LogP contribution < -0.4 is 0 Å². The Bertz CT molecular complexity index is 425. The number of benzene rings is 1. The van der Waals surface area contributed by atoms with Gasteiger partial charge in [-0.3, -0.25) is 9.80 Å². The van der Waals surface area contributed by atoms with Crippen LogP contribution in [-0.4, -0.2) is 42.6 Å². The molecule has 2 atom stereocenters. The van der Waals surface area contributed by atoms with E-state index in [4.69, 9.17) is 0 Å². The van der Waals surface area contributed by atoms with Crippen molar-refractivity contribution in [1.29, 1.82) is 0 Å². The van der Waals surface area contributed by atoms with Gasteiger partial charge >= 0.3 is 0 Å². The highest BCUT2D eigenvalue weighted by molar-refractivity contribution is 5.31. The number of hydrogen-bond acceptors (Lipinski definition) is 2. The fourth-order valence-electron chi connectivity index (χ4n) is 4.75. The second kappa shape index (κ2) is 3.12. The van der Waals surface area contributed by atoms with E-state index in [0.29, 0.717) is 10.8 Å². The van der Waals surface area contributed by atoms with E-state index in [1.54, 1.807) is 5.56 Å². The third-order valence-corrected chi connectivity index (χ3v) is 4.81. The van der Waals surface area contributed by atoms with Crippen molar-refractivity contribution in [3.8, 4) is 0 Å². The molecule has 4 bridgehead atoms. The molecule has 0 aromatic heterocycles. The number of piperidine rings is 2. The first-order valence-electron chi connectivity index (χ1n) is 6.68. The van der Waals surface area contributed by atoms with Gasteiger partial charge in [-0.2, -0.15) is 0 Å². The van der Waals surface area contributed by atoms with Crippen molar-refractivity contribution < 1.29 is 0 Å². The molecule has 5 rings (SSSR count). The summed E-state index contributed by atoms with van der Waals surface area (Å²) in [5.74, 6) is 0. The largest absolute Gasteiger partial charge is 0.289 e. The Hall–Kier alpha value is -0.860. The molecule has 1 aromatic rings. The van der Waals surface area contributed by atoms with Gasteiger partial charge in [0.2, 0.25) is 0 Å². The molecule has 0 saturated carbocycles. The van der Waals surface area contributed by atoms with Gasteiger partial charge in [0.25, 0.3) is 0 Å². The number of rotatable bonds is 1. The van der Waals surface area contributed by atoms with E-state index in [1.807, 2.05) is 0 Å². The molecule has 4 saturated heterocycles. The number of hydrogen-bond donors (Lipinski definition) is 0. The molecule has 0 amide bonds. The monoisotopic (exact) mass is 228 g/mol. The molecular weight excluding hydrogens is 208 g/mol. The lowest BCUT2D eigenvalue weighted by Gasteiger charge is -2.63. The molecule has 4 aliphatic heterocycles. The van der Waals surface area contributed by atoms with Crippen LogP contribution >= 0.6 is 0 Å². The molecule has 0 radical (unpaired) electrons. The van der Waals surface area contributed by atoms with E-state index in [0.717, 1.165) is 0 Å². The second-order valence-electron chi connectivity index (χ2n) is 6.75. The van der Waals surface area contributed by atoms with Gasteiger partial charge in [-0.1, -0.05) is 37.3 Å². The Morgan fingerprint density at radius 1 is 0.941 bits per heavy atom. The first-order valence-corrected chi connectivity index (χ1v) is 6.68. The molecule has 1 aromatic carbocycles. The molecule has 4 fully saturated rings. The average molecular weight is 228 g/mol. The molecule has 4 aliphatic rings. The molecular formula is C15H20N2. The topological polar surface area (TPSA) is 6.48 Å². The van der Waals surface area contributed by atoms with Crippen LogP contribution in [0.25, 0.3) is 0 Å². The molecule has 0 spiro atoms. The zero-order valence-corrected chi connectivity index (χ0v) is 10.5. The van der Waals surface area contributed by atoms with Gasteiger partial charge in [0.1, 0.15) is 0 Å². The van der Waals surface area contributed by atoms with Crippen LogP contribution in [0.2, 0.25) is 0 Å². The van der Waals surface area contributed by atoms with Crippen LogP contribution in [-0.2, 0) is 5.41 Å². The van der Waals surface area contributed by atoms with Crippen molar-refractivity contribution in [3.05, 3.63) is 35.9 Å². The summed E-state index contributed by atoms with van der Waals surface area (Å²) >= 11 is 0. The van der Waals surface area contributed by atoms with Crippen molar-refractivity contribution in [3.63, 3.8) is 0 Å². The standard InChI is InChI=1S/C15H20N2/c1-14-7-15(13-5-3-2-4-6-13)10-16(8-14)12-17(9-14)11-15/h2-6H,7-12H2,1H3. The van der Waals surface area contributed by atoms with E-state index in [2.05, 4.69) is 47.1 Å². The Labute approximate surface area is 103 Å². The fraction of sp³-hybridized carbons (Fsp3) is 0.600. The van der Waals surface area contributed by atoms with Gasteiger partial charge in [0.15, 0.2) is 0 Å². The Morgan fingerprint density at radius 3 is 2.18 bits per heavy atom. The summed E-state index contributed by atoms with van der Waals surface area (Å²) in [6.45, 7) is 8.81.